The van der Waals surface area contributed by atoms with Crippen molar-refractivity contribution in [3.8, 4) is 5.75 Å². The summed E-state index contributed by atoms with van der Waals surface area (Å²) in [6, 6.07) is 5.94. The molecule has 6 N–H and O–H groups in total. The molecular weight excluding hydrogens is 362 g/mol. The fourth-order valence-corrected chi connectivity index (χ4v) is 2.78. The van der Waals surface area contributed by atoms with Crippen LogP contribution in [0.2, 0.25) is 0 Å². The normalized spacial score (nSPS) is 11.7. The quantitative estimate of drug-likeness (QED) is 0.400. The Labute approximate surface area is 163 Å². The highest BCUT2D eigenvalue weighted by Gasteiger charge is 2.22. The molecule has 2 aromatic rings. The number of aryl methyl sites for hydroxylation is 3. The average Bonchev–Trinajstić information content (AvgIpc) is 2.62. The standard InChI is InChI=1S/C19H25N5O4/c1-11-16(17(26)24-15(10-20)18(27)28)12(2)23-19(22-11)21-8-4-6-13-5-3-7-14(25)9-13/h3,5,7,9,15,25H,4,6,8,10,20H2,1-2H3,(H,24,26)(H,27,28)(H,21,22,23)/t15-/m0/s1. The molecule has 0 aliphatic carbocycles. The summed E-state index contributed by atoms with van der Waals surface area (Å²) in [5.74, 6) is -1.12. The number of phenols is 1. The van der Waals surface area contributed by atoms with E-state index in [1.807, 2.05) is 6.07 Å². The molecule has 0 spiro atoms. The van der Waals surface area contributed by atoms with Gasteiger partial charge in [0.15, 0.2) is 0 Å². The number of aliphatic carboxylic acids is 1. The number of hydrogen-bond donors (Lipinski definition) is 5. The molecule has 0 bridgehead atoms. The maximum absolute atomic E-state index is 12.4. The van der Waals surface area contributed by atoms with Gasteiger partial charge in [0.05, 0.1) is 17.0 Å². The first kappa shape index (κ1) is 21.1. The van der Waals surface area contributed by atoms with Crippen molar-refractivity contribution in [3.05, 3.63) is 46.8 Å². The van der Waals surface area contributed by atoms with Gasteiger partial charge < -0.3 is 26.6 Å². The van der Waals surface area contributed by atoms with Gasteiger partial charge in [-0.05, 0) is 44.4 Å². The zero-order valence-electron chi connectivity index (χ0n) is 15.9. The number of aromatic nitrogens is 2. The SMILES string of the molecule is Cc1nc(NCCCc2cccc(O)c2)nc(C)c1C(=O)N[C@@H](CN)C(=O)O. The lowest BCUT2D eigenvalue weighted by Gasteiger charge is -2.15. The number of hydrogen-bond acceptors (Lipinski definition) is 7. The van der Waals surface area contributed by atoms with Gasteiger partial charge in [0, 0.05) is 13.1 Å². The number of amides is 1. The van der Waals surface area contributed by atoms with Gasteiger partial charge in [-0.25, -0.2) is 14.8 Å². The van der Waals surface area contributed by atoms with E-state index < -0.39 is 17.9 Å². The summed E-state index contributed by atoms with van der Waals surface area (Å²) in [6.07, 6.45) is 1.60. The summed E-state index contributed by atoms with van der Waals surface area (Å²) < 4.78 is 0. The van der Waals surface area contributed by atoms with Gasteiger partial charge in [0.1, 0.15) is 11.8 Å². The topological polar surface area (TPSA) is 150 Å². The average molecular weight is 387 g/mol. The van der Waals surface area contributed by atoms with Crippen LogP contribution in [-0.4, -0.2) is 51.2 Å². The smallest absolute Gasteiger partial charge is 0.327 e. The maximum atomic E-state index is 12.4. The van der Waals surface area contributed by atoms with Gasteiger partial charge in [0.25, 0.3) is 5.91 Å². The van der Waals surface area contributed by atoms with Gasteiger partial charge in [-0.1, -0.05) is 12.1 Å². The Hall–Kier alpha value is -3.20. The van der Waals surface area contributed by atoms with Gasteiger partial charge >= 0.3 is 5.97 Å². The summed E-state index contributed by atoms with van der Waals surface area (Å²) in [6.45, 7) is 3.74. The molecule has 1 aromatic heterocycles. The number of aromatic hydroxyl groups is 1. The largest absolute Gasteiger partial charge is 0.508 e. The van der Waals surface area contributed by atoms with Crippen LogP contribution in [0.1, 0.15) is 33.7 Å². The third-order valence-corrected chi connectivity index (χ3v) is 4.17. The van der Waals surface area contributed by atoms with Crippen molar-refractivity contribution in [3.63, 3.8) is 0 Å². The molecule has 150 valence electrons. The molecule has 1 amide bonds. The van der Waals surface area contributed by atoms with Crippen molar-refractivity contribution < 1.29 is 19.8 Å². The third-order valence-electron chi connectivity index (χ3n) is 4.17. The molecule has 0 aliphatic rings. The molecule has 28 heavy (non-hydrogen) atoms. The molecule has 9 nitrogen and oxygen atoms in total. The Kier molecular flexibility index (Phi) is 7.28. The molecule has 1 atom stereocenters. The first-order chi connectivity index (χ1) is 13.3. The number of nitrogens with one attached hydrogen (secondary N) is 2. The number of nitrogens with zero attached hydrogens (tertiary/aromatic N) is 2. The Morgan fingerprint density at radius 2 is 1.89 bits per heavy atom. The molecular formula is C19H25N5O4. The van der Waals surface area contributed by atoms with E-state index in [1.165, 1.54) is 0 Å². The Bertz CT molecular complexity index is 833. The van der Waals surface area contributed by atoms with Crippen LogP contribution in [0.3, 0.4) is 0 Å². The monoisotopic (exact) mass is 387 g/mol. The van der Waals surface area contributed by atoms with E-state index in [4.69, 9.17) is 10.8 Å². The fraction of sp³-hybridized carbons (Fsp3) is 0.368. The zero-order chi connectivity index (χ0) is 20.7. The van der Waals surface area contributed by atoms with Crippen LogP contribution < -0.4 is 16.4 Å². The van der Waals surface area contributed by atoms with E-state index >= 15 is 0 Å². The maximum Gasteiger partial charge on any atom is 0.327 e. The number of rotatable bonds is 9. The molecule has 0 fully saturated rings. The van der Waals surface area contributed by atoms with E-state index in [9.17, 15) is 14.7 Å². The van der Waals surface area contributed by atoms with Crippen molar-refractivity contribution in [2.24, 2.45) is 5.73 Å². The second kappa shape index (κ2) is 9.65. The van der Waals surface area contributed by atoms with Crippen LogP contribution in [0.5, 0.6) is 5.75 Å². The lowest BCUT2D eigenvalue weighted by atomic mass is 10.1. The van der Waals surface area contributed by atoms with Crippen LogP contribution in [0.15, 0.2) is 24.3 Å². The van der Waals surface area contributed by atoms with Gasteiger partial charge in [-0.15, -0.1) is 0 Å². The molecule has 0 saturated heterocycles. The van der Waals surface area contributed by atoms with Crippen LogP contribution in [-0.2, 0) is 11.2 Å². The van der Waals surface area contributed by atoms with E-state index in [1.54, 1.807) is 32.0 Å². The van der Waals surface area contributed by atoms with Crippen molar-refractivity contribution in [2.75, 3.05) is 18.4 Å². The van der Waals surface area contributed by atoms with Crippen LogP contribution >= 0.6 is 0 Å². The minimum absolute atomic E-state index is 0.209. The van der Waals surface area contributed by atoms with Gasteiger partial charge in [-0.2, -0.15) is 0 Å². The van der Waals surface area contributed by atoms with Crippen molar-refractivity contribution in [1.29, 1.82) is 0 Å². The minimum Gasteiger partial charge on any atom is -0.508 e. The highest BCUT2D eigenvalue weighted by Crippen LogP contribution is 2.14. The summed E-state index contributed by atoms with van der Waals surface area (Å²) in [4.78, 5) is 32.0. The number of benzene rings is 1. The first-order valence-electron chi connectivity index (χ1n) is 8.92. The van der Waals surface area contributed by atoms with Gasteiger partial charge in [-0.3, -0.25) is 4.79 Å². The van der Waals surface area contributed by atoms with Crippen LogP contribution in [0.25, 0.3) is 0 Å². The van der Waals surface area contributed by atoms with E-state index in [-0.39, 0.29) is 17.9 Å². The predicted octanol–water partition coefficient (Wildman–Crippen LogP) is 0.985. The predicted molar refractivity (Wildman–Crippen MR) is 104 cm³/mol. The Morgan fingerprint density at radius 1 is 1.21 bits per heavy atom. The first-order valence-corrected chi connectivity index (χ1v) is 8.92. The number of nitrogens with two attached hydrogens (primary N) is 1. The lowest BCUT2D eigenvalue weighted by molar-refractivity contribution is -0.138. The van der Waals surface area contributed by atoms with Gasteiger partial charge in [0.2, 0.25) is 5.95 Å². The molecule has 1 aromatic carbocycles. The molecule has 0 saturated carbocycles. The summed E-state index contributed by atoms with van der Waals surface area (Å²) in [5, 5.41) is 24.0. The van der Waals surface area contributed by atoms with Crippen LogP contribution in [0, 0.1) is 13.8 Å². The second-order valence-electron chi connectivity index (χ2n) is 6.39. The lowest BCUT2D eigenvalue weighted by Crippen LogP contribution is -2.46. The highest BCUT2D eigenvalue weighted by molar-refractivity contribution is 5.98. The number of carbonyl (C=O) groups is 2. The number of phenolic OH excluding ortho intramolecular Hbond substituents is 1. The minimum atomic E-state index is -1.20. The molecule has 0 unspecified atom stereocenters. The van der Waals surface area contributed by atoms with Crippen LogP contribution in [0.4, 0.5) is 5.95 Å². The fourth-order valence-electron chi connectivity index (χ4n) is 2.78. The molecule has 0 aliphatic heterocycles. The van der Waals surface area contributed by atoms with E-state index in [0.717, 1.165) is 18.4 Å². The zero-order valence-corrected chi connectivity index (χ0v) is 15.9. The summed E-state index contributed by atoms with van der Waals surface area (Å²) in [7, 11) is 0. The third kappa shape index (κ3) is 5.65. The second-order valence-corrected chi connectivity index (χ2v) is 6.39. The number of anilines is 1. The molecule has 9 heteroatoms. The molecule has 1 heterocycles. The Morgan fingerprint density at radius 3 is 2.46 bits per heavy atom. The van der Waals surface area contributed by atoms with Crippen molar-refractivity contribution >= 4 is 17.8 Å². The molecule has 2 rings (SSSR count). The number of carbonyl (C=O) groups excluding carboxylic acids is 1. The van der Waals surface area contributed by atoms with E-state index in [0.29, 0.717) is 23.9 Å². The number of carboxylic acid groups (broad SMARTS) is 1. The van der Waals surface area contributed by atoms with Crippen molar-refractivity contribution in [2.45, 2.75) is 32.7 Å². The summed E-state index contributed by atoms with van der Waals surface area (Å²) >= 11 is 0. The number of carboxylic acids is 1. The van der Waals surface area contributed by atoms with Crippen molar-refractivity contribution in [1.82, 2.24) is 15.3 Å². The highest BCUT2D eigenvalue weighted by atomic mass is 16.4. The summed E-state index contributed by atoms with van der Waals surface area (Å²) in [5.41, 5.74) is 7.54. The Balaban J connectivity index is 1.97. The van der Waals surface area contributed by atoms with E-state index in [2.05, 4.69) is 20.6 Å². The molecule has 0 radical (unpaired) electrons.